The molecule has 0 bridgehead atoms. The van der Waals surface area contributed by atoms with Gasteiger partial charge >= 0.3 is 0 Å². The number of phenols is 1. The van der Waals surface area contributed by atoms with Gasteiger partial charge in [-0.25, -0.2) is 4.39 Å². The number of carbonyl (C=O) groups excluding carboxylic acids is 2. The molecule has 1 aliphatic heterocycles. The Labute approximate surface area is 191 Å². The molecule has 1 unspecified atom stereocenters. The van der Waals surface area contributed by atoms with E-state index in [2.05, 4.69) is 0 Å². The molecule has 1 aliphatic rings. The van der Waals surface area contributed by atoms with Crippen molar-refractivity contribution in [3.05, 3.63) is 95.8 Å². The van der Waals surface area contributed by atoms with Gasteiger partial charge in [0.1, 0.15) is 11.6 Å². The Morgan fingerprint density at radius 2 is 1.69 bits per heavy atom. The van der Waals surface area contributed by atoms with Crippen molar-refractivity contribution in [1.82, 2.24) is 0 Å². The van der Waals surface area contributed by atoms with Crippen LogP contribution in [-0.4, -0.2) is 21.4 Å². The first kappa shape index (κ1) is 22.1. The number of phenolic OH excluding ortho intramolecular Hbond substituents is 1. The van der Waals surface area contributed by atoms with Gasteiger partial charge in [0.25, 0.3) is 0 Å². The van der Waals surface area contributed by atoms with Gasteiger partial charge in [0.15, 0.2) is 5.12 Å². The molecule has 32 heavy (non-hydrogen) atoms. The molecule has 1 amide bonds. The SMILES string of the molecule is CC(=O)SC(CCc1ccccc1)[C@H]1C(=O)N(c2ccc(F)cc2)[C@@H]1c1ccc(O)cc1. The fourth-order valence-corrected chi connectivity index (χ4v) is 5.34. The summed E-state index contributed by atoms with van der Waals surface area (Å²) < 4.78 is 13.5. The number of halogens is 1. The first-order valence-electron chi connectivity index (χ1n) is 10.5. The number of nitrogens with zero attached hydrogens (tertiary/aromatic N) is 1. The van der Waals surface area contributed by atoms with Crippen LogP contribution in [0.15, 0.2) is 78.9 Å². The average Bonchev–Trinajstić information content (AvgIpc) is 2.78. The second kappa shape index (κ2) is 9.57. The van der Waals surface area contributed by atoms with Gasteiger partial charge in [0.05, 0.1) is 12.0 Å². The summed E-state index contributed by atoms with van der Waals surface area (Å²) in [5.74, 6) is -0.709. The molecule has 3 atom stereocenters. The number of aryl methyl sites for hydroxylation is 1. The maximum absolute atomic E-state index is 13.5. The van der Waals surface area contributed by atoms with E-state index in [0.29, 0.717) is 12.1 Å². The Bertz CT molecular complexity index is 1090. The topological polar surface area (TPSA) is 57.6 Å². The van der Waals surface area contributed by atoms with Crippen molar-refractivity contribution in [3.63, 3.8) is 0 Å². The number of rotatable bonds is 7. The van der Waals surface area contributed by atoms with Gasteiger partial charge in [-0.05, 0) is 60.4 Å². The Balaban J connectivity index is 1.66. The summed E-state index contributed by atoms with van der Waals surface area (Å²) in [6.45, 7) is 1.52. The molecule has 3 aromatic rings. The number of β-lactam (4-membered cyclic amide) rings is 1. The highest BCUT2D eigenvalue weighted by Crippen LogP contribution is 2.49. The highest BCUT2D eigenvalue weighted by Gasteiger charge is 2.52. The normalized spacial score (nSPS) is 18.8. The zero-order chi connectivity index (χ0) is 22.7. The van der Waals surface area contributed by atoms with Crippen LogP contribution in [0.2, 0.25) is 0 Å². The zero-order valence-corrected chi connectivity index (χ0v) is 18.5. The van der Waals surface area contributed by atoms with Gasteiger partial charge in [-0.3, -0.25) is 9.59 Å². The van der Waals surface area contributed by atoms with E-state index in [-0.39, 0.29) is 33.9 Å². The van der Waals surface area contributed by atoms with Crippen LogP contribution in [0, 0.1) is 11.7 Å². The van der Waals surface area contributed by atoms with Crippen LogP contribution in [0.4, 0.5) is 10.1 Å². The average molecular weight is 450 g/mol. The number of anilines is 1. The largest absolute Gasteiger partial charge is 0.508 e. The van der Waals surface area contributed by atoms with Gasteiger partial charge in [-0.15, -0.1) is 0 Å². The summed E-state index contributed by atoms with van der Waals surface area (Å²) in [4.78, 5) is 27.1. The lowest BCUT2D eigenvalue weighted by Gasteiger charge is -2.50. The molecule has 0 saturated carbocycles. The number of amides is 1. The Morgan fingerprint density at radius 1 is 1.03 bits per heavy atom. The molecule has 4 nitrogen and oxygen atoms in total. The van der Waals surface area contributed by atoms with E-state index in [1.807, 2.05) is 30.3 Å². The summed E-state index contributed by atoms with van der Waals surface area (Å²) in [6, 6.07) is 22.3. The number of aromatic hydroxyl groups is 1. The molecular formula is C26H24FNO3S. The monoisotopic (exact) mass is 449 g/mol. The lowest BCUT2D eigenvalue weighted by molar-refractivity contribution is -0.130. The minimum atomic E-state index is -0.401. The fraction of sp³-hybridized carbons (Fsp3) is 0.231. The smallest absolute Gasteiger partial charge is 0.234 e. The Kier molecular flexibility index (Phi) is 6.61. The minimum absolute atomic E-state index is 0.0273. The summed E-state index contributed by atoms with van der Waals surface area (Å²) >= 11 is 1.21. The molecule has 3 aromatic carbocycles. The molecule has 0 spiro atoms. The molecule has 164 valence electrons. The van der Waals surface area contributed by atoms with E-state index < -0.39 is 5.92 Å². The van der Waals surface area contributed by atoms with Crippen molar-refractivity contribution in [2.24, 2.45) is 5.92 Å². The third kappa shape index (κ3) is 4.70. The number of hydrogen-bond acceptors (Lipinski definition) is 4. The van der Waals surface area contributed by atoms with E-state index in [0.717, 1.165) is 17.5 Å². The highest BCUT2D eigenvalue weighted by molar-refractivity contribution is 8.14. The molecule has 6 heteroatoms. The van der Waals surface area contributed by atoms with Crippen LogP contribution in [-0.2, 0) is 16.0 Å². The maximum Gasteiger partial charge on any atom is 0.234 e. The predicted octanol–water partition coefficient (Wildman–Crippen LogP) is 5.52. The van der Waals surface area contributed by atoms with Crippen molar-refractivity contribution < 1.29 is 19.1 Å². The van der Waals surface area contributed by atoms with Crippen LogP contribution in [0.5, 0.6) is 5.75 Å². The van der Waals surface area contributed by atoms with Gasteiger partial charge < -0.3 is 10.0 Å². The summed E-state index contributed by atoms with van der Waals surface area (Å²) in [5.41, 5.74) is 2.64. The molecule has 0 aromatic heterocycles. The first-order valence-corrected chi connectivity index (χ1v) is 11.4. The van der Waals surface area contributed by atoms with Gasteiger partial charge in [-0.1, -0.05) is 54.2 Å². The molecule has 0 aliphatic carbocycles. The zero-order valence-electron chi connectivity index (χ0n) is 17.6. The molecule has 1 N–H and O–H groups in total. The lowest BCUT2D eigenvalue weighted by atomic mass is 9.78. The number of hydrogen-bond donors (Lipinski definition) is 1. The fourth-order valence-electron chi connectivity index (χ4n) is 4.27. The Hall–Kier alpha value is -3.12. The summed E-state index contributed by atoms with van der Waals surface area (Å²) in [5, 5.41) is 9.50. The van der Waals surface area contributed by atoms with Gasteiger partial charge in [0.2, 0.25) is 5.91 Å². The van der Waals surface area contributed by atoms with Crippen molar-refractivity contribution in [2.75, 3.05) is 4.90 Å². The maximum atomic E-state index is 13.5. The van der Waals surface area contributed by atoms with Crippen LogP contribution in [0.3, 0.4) is 0 Å². The minimum Gasteiger partial charge on any atom is -0.508 e. The molecular weight excluding hydrogens is 425 g/mol. The number of benzene rings is 3. The highest BCUT2D eigenvalue weighted by atomic mass is 32.2. The van der Waals surface area contributed by atoms with Crippen molar-refractivity contribution in [1.29, 1.82) is 0 Å². The first-order chi connectivity index (χ1) is 15.4. The quantitative estimate of drug-likeness (QED) is 0.483. The number of carbonyl (C=O) groups is 2. The van der Waals surface area contributed by atoms with Gasteiger partial charge in [0, 0.05) is 17.9 Å². The molecule has 1 heterocycles. The molecule has 1 fully saturated rings. The van der Waals surface area contributed by atoms with Crippen LogP contribution in [0.25, 0.3) is 0 Å². The molecule has 4 rings (SSSR count). The lowest BCUT2D eigenvalue weighted by Crippen LogP contribution is -2.59. The third-order valence-electron chi connectivity index (χ3n) is 5.76. The summed E-state index contributed by atoms with van der Waals surface area (Å²) in [7, 11) is 0. The van der Waals surface area contributed by atoms with Crippen molar-refractivity contribution >= 4 is 28.5 Å². The van der Waals surface area contributed by atoms with E-state index in [1.54, 1.807) is 41.3 Å². The predicted molar refractivity (Wildman–Crippen MR) is 125 cm³/mol. The van der Waals surface area contributed by atoms with Crippen LogP contribution < -0.4 is 4.90 Å². The van der Waals surface area contributed by atoms with E-state index in [9.17, 15) is 19.1 Å². The molecule has 1 saturated heterocycles. The number of thioether (sulfide) groups is 1. The Morgan fingerprint density at radius 3 is 2.31 bits per heavy atom. The van der Waals surface area contributed by atoms with E-state index >= 15 is 0 Å². The second-order valence-corrected chi connectivity index (χ2v) is 9.34. The third-order valence-corrected chi connectivity index (χ3v) is 6.92. The second-order valence-electron chi connectivity index (χ2n) is 7.92. The van der Waals surface area contributed by atoms with Crippen LogP contribution >= 0.6 is 11.8 Å². The standard InChI is InChI=1S/C26H24FNO3S/c1-17(29)32-23(16-7-18-5-3-2-4-6-18)24-25(19-8-14-22(30)15-9-19)28(26(24)31)21-12-10-20(27)11-13-21/h2-6,8-15,23-25,30H,7,16H2,1H3/t23?,24-,25-/m1/s1. The summed E-state index contributed by atoms with van der Waals surface area (Å²) in [6.07, 6.45) is 1.44. The van der Waals surface area contributed by atoms with Crippen molar-refractivity contribution in [2.45, 2.75) is 31.1 Å². The van der Waals surface area contributed by atoms with Crippen molar-refractivity contribution in [3.8, 4) is 5.75 Å². The molecule has 0 radical (unpaired) electrons. The van der Waals surface area contributed by atoms with Crippen LogP contribution in [0.1, 0.15) is 30.5 Å². The van der Waals surface area contributed by atoms with E-state index in [4.69, 9.17) is 0 Å². The van der Waals surface area contributed by atoms with Gasteiger partial charge in [-0.2, -0.15) is 0 Å². The van der Waals surface area contributed by atoms with E-state index in [1.165, 1.54) is 30.8 Å².